The Bertz CT molecular complexity index is 514. The lowest BCUT2D eigenvalue weighted by Gasteiger charge is -2.27. The number of carbonyl (C=O) groups is 1. The average Bonchev–Trinajstić information content (AvgIpc) is 2.62. The number of ether oxygens (including phenoxy) is 1. The zero-order valence-electron chi connectivity index (χ0n) is 13.5. The molecule has 0 aromatic heterocycles. The van der Waals surface area contributed by atoms with E-state index in [0.717, 1.165) is 63.0 Å². The van der Waals surface area contributed by atoms with Gasteiger partial charge in [0.15, 0.2) is 0 Å². The lowest BCUT2D eigenvalue weighted by atomic mass is 10.1. The molecule has 2 amide bonds. The molecule has 2 aliphatic heterocycles. The highest BCUT2D eigenvalue weighted by molar-refractivity contribution is 7.99. The second-order valence-electron chi connectivity index (χ2n) is 5.97. The summed E-state index contributed by atoms with van der Waals surface area (Å²) < 4.78 is 5.39. The third-order valence-corrected chi connectivity index (χ3v) is 5.19. The van der Waals surface area contributed by atoms with E-state index < -0.39 is 0 Å². The van der Waals surface area contributed by atoms with E-state index in [-0.39, 0.29) is 6.03 Å². The maximum atomic E-state index is 12.2. The number of hydrogen-bond donors (Lipinski definition) is 1. The molecule has 0 spiro atoms. The summed E-state index contributed by atoms with van der Waals surface area (Å²) in [6.45, 7) is 6.89. The van der Waals surface area contributed by atoms with Crippen LogP contribution in [0, 0.1) is 0 Å². The van der Waals surface area contributed by atoms with Gasteiger partial charge in [-0.1, -0.05) is 24.3 Å². The molecular formula is C17H25N3O2S. The topological polar surface area (TPSA) is 44.8 Å². The highest BCUT2D eigenvalue weighted by Gasteiger charge is 2.16. The summed E-state index contributed by atoms with van der Waals surface area (Å²) in [5, 5.41) is 3.04. The first-order chi connectivity index (χ1) is 11.3. The predicted molar refractivity (Wildman–Crippen MR) is 93.7 cm³/mol. The summed E-state index contributed by atoms with van der Waals surface area (Å²) in [5.41, 5.74) is 2.46. The minimum absolute atomic E-state index is 0.0592. The molecule has 0 radical (unpaired) electrons. The minimum Gasteiger partial charge on any atom is -0.379 e. The largest absolute Gasteiger partial charge is 0.379 e. The Labute approximate surface area is 142 Å². The first-order valence-electron chi connectivity index (χ1n) is 8.30. The van der Waals surface area contributed by atoms with Crippen molar-refractivity contribution in [2.45, 2.75) is 13.1 Å². The number of nitrogens with zero attached hydrogens (tertiary/aromatic N) is 2. The van der Waals surface area contributed by atoms with Crippen molar-refractivity contribution < 1.29 is 9.53 Å². The molecule has 0 atom stereocenters. The van der Waals surface area contributed by atoms with Crippen LogP contribution in [0.15, 0.2) is 24.3 Å². The molecule has 1 N–H and O–H groups in total. The van der Waals surface area contributed by atoms with Crippen LogP contribution in [0.2, 0.25) is 0 Å². The maximum absolute atomic E-state index is 12.2. The fourth-order valence-electron chi connectivity index (χ4n) is 2.91. The van der Waals surface area contributed by atoms with Crippen molar-refractivity contribution in [1.29, 1.82) is 0 Å². The summed E-state index contributed by atoms with van der Waals surface area (Å²) >= 11 is 1.91. The van der Waals surface area contributed by atoms with Gasteiger partial charge < -0.3 is 15.0 Å². The van der Waals surface area contributed by atoms with Crippen molar-refractivity contribution >= 4 is 17.8 Å². The second-order valence-corrected chi connectivity index (χ2v) is 7.19. The van der Waals surface area contributed by atoms with Crippen LogP contribution in [0.25, 0.3) is 0 Å². The molecule has 2 aliphatic rings. The number of thioether (sulfide) groups is 1. The third-order valence-electron chi connectivity index (χ3n) is 4.24. The van der Waals surface area contributed by atoms with Crippen LogP contribution in [-0.4, -0.2) is 66.7 Å². The number of amides is 2. The van der Waals surface area contributed by atoms with Crippen molar-refractivity contribution in [2.75, 3.05) is 50.9 Å². The van der Waals surface area contributed by atoms with Gasteiger partial charge in [-0.05, 0) is 11.1 Å². The van der Waals surface area contributed by atoms with Crippen molar-refractivity contribution in [3.05, 3.63) is 35.4 Å². The number of carbonyl (C=O) groups excluding carboxylic acids is 1. The molecule has 0 bridgehead atoms. The molecule has 2 fully saturated rings. The van der Waals surface area contributed by atoms with Crippen molar-refractivity contribution in [2.24, 2.45) is 0 Å². The lowest BCUT2D eigenvalue weighted by Crippen LogP contribution is -2.44. The molecule has 0 unspecified atom stereocenters. The first-order valence-corrected chi connectivity index (χ1v) is 9.45. The van der Waals surface area contributed by atoms with E-state index in [1.165, 1.54) is 5.56 Å². The molecule has 2 heterocycles. The van der Waals surface area contributed by atoms with Crippen LogP contribution in [0.1, 0.15) is 11.1 Å². The predicted octanol–water partition coefficient (Wildman–Crippen LogP) is 1.78. The van der Waals surface area contributed by atoms with E-state index in [4.69, 9.17) is 4.74 Å². The van der Waals surface area contributed by atoms with Crippen molar-refractivity contribution in [1.82, 2.24) is 15.1 Å². The van der Waals surface area contributed by atoms with Crippen LogP contribution in [0.5, 0.6) is 0 Å². The number of urea groups is 1. The van der Waals surface area contributed by atoms with E-state index >= 15 is 0 Å². The molecule has 1 aromatic rings. The van der Waals surface area contributed by atoms with Crippen LogP contribution < -0.4 is 5.32 Å². The van der Waals surface area contributed by atoms with E-state index in [9.17, 15) is 4.79 Å². The van der Waals surface area contributed by atoms with E-state index in [0.29, 0.717) is 6.54 Å². The Morgan fingerprint density at radius 1 is 1.13 bits per heavy atom. The highest BCUT2D eigenvalue weighted by atomic mass is 32.2. The van der Waals surface area contributed by atoms with E-state index in [2.05, 4.69) is 34.5 Å². The van der Waals surface area contributed by atoms with Crippen LogP contribution in [0.3, 0.4) is 0 Å². The van der Waals surface area contributed by atoms with Gasteiger partial charge in [0.05, 0.1) is 13.2 Å². The lowest BCUT2D eigenvalue weighted by molar-refractivity contribution is 0.0342. The molecule has 1 aromatic carbocycles. The summed E-state index contributed by atoms with van der Waals surface area (Å²) in [4.78, 5) is 16.5. The van der Waals surface area contributed by atoms with Crippen LogP contribution in [-0.2, 0) is 17.8 Å². The summed E-state index contributed by atoms with van der Waals surface area (Å²) in [5.74, 6) is 2.09. The quantitative estimate of drug-likeness (QED) is 0.911. The van der Waals surface area contributed by atoms with Gasteiger partial charge in [0.2, 0.25) is 0 Å². The monoisotopic (exact) mass is 335 g/mol. The van der Waals surface area contributed by atoms with Gasteiger partial charge in [0, 0.05) is 50.8 Å². The zero-order valence-corrected chi connectivity index (χ0v) is 14.3. The molecule has 2 saturated heterocycles. The Kier molecular flexibility index (Phi) is 6.19. The SMILES string of the molecule is O=C(NCc1cccc(CN2CCOCC2)c1)N1CCSCC1. The fourth-order valence-corrected chi connectivity index (χ4v) is 3.81. The van der Waals surface area contributed by atoms with Crippen molar-refractivity contribution in [3.8, 4) is 0 Å². The molecule has 23 heavy (non-hydrogen) atoms. The Morgan fingerprint density at radius 2 is 1.87 bits per heavy atom. The molecule has 0 saturated carbocycles. The first kappa shape index (κ1) is 16.6. The maximum Gasteiger partial charge on any atom is 0.317 e. The Balaban J connectivity index is 1.49. The standard InChI is InChI=1S/C17H25N3O2S/c21-17(20-6-10-23-11-7-20)18-13-15-2-1-3-16(12-15)14-19-4-8-22-9-5-19/h1-3,12H,4-11,13-14H2,(H,18,21). The number of hydrogen-bond acceptors (Lipinski definition) is 4. The number of morpholine rings is 1. The summed E-state index contributed by atoms with van der Waals surface area (Å²) in [7, 11) is 0. The number of nitrogens with one attached hydrogen (secondary N) is 1. The third kappa shape index (κ3) is 5.12. The number of benzene rings is 1. The van der Waals surface area contributed by atoms with Gasteiger partial charge in [-0.2, -0.15) is 11.8 Å². The molecule has 5 nitrogen and oxygen atoms in total. The summed E-state index contributed by atoms with van der Waals surface area (Å²) in [6.07, 6.45) is 0. The average molecular weight is 335 g/mol. The molecule has 0 aliphatic carbocycles. The molecule has 6 heteroatoms. The minimum atomic E-state index is 0.0592. The normalized spacial score (nSPS) is 19.6. The smallest absolute Gasteiger partial charge is 0.317 e. The van der Waals surface area contributed by atoms with Gasteiger partial charge in [-0.3, -0.25) is 4.90 Å². The van der Waals surface area contributed by atoms with Gasteiger partial charge in [-0.25, -0.2) is 4.79 Å². The van der Waals surface area contributed by atoms with Gasteiger partial charge in [0.25, 0.3) is 0 Å². The van der Waals surface area contributed by atoms with Crippen molar-refractivity contribution in [3.63, 3.8) is 0 Å². The zero-order chi connectivity index (χ0) is 15.9. The van der Waals surface area contributed by atoms with Gasteiger partial charge >= 0.3 is 6.03 Å². The Hall–Kier alpha value is -1.24. The van der Waals surface area contributed by atoms with Gasteiger partial charge in [0.1, 0.15) is 0 Å². The second kappa shape index (κ2) is 8.57. The summed E-state index contributed by atoms with van der Waals surface area (Å²) in [6, 6.07) is 8.57. The van der Waals surface area contributed by atoms with Crippen LogP contribution >= 0.6 is 11.8 Å². The van der Waals surface area contributed by atoms with Gasteiger partial charge in [-0.15, -0.1) is 0 Å². The molecular weight excluding hydrogens is 310 g/mol. The Morgan fingerprint density at radius 3 is 2.65 bits per heavy atom. The molecule has 126 valence electrons. The van der Waals surface area contributed by atoms with Crippen LogP contribution in [0.4, 0.5) is 4.79 Å². The fraction of sp³-hybridized carbons (Fsp3) is 0.588. The molecule has 3 rings (SSSR count). The van der Waals surface area contributed by atoms with E-state index in [1.807, 2.05) is 16.7 Å². The number of rotatable bonds is 4. The highest BCUT2D eigenvalue weighted by Crippen LogP contribution is 2.11. The van der Waals surface area contributed by atoms with E-state index in [1.54, 1.807) is 0 Å².